The van der Waals surface area contributed by atoms with Crippen LogP contribution in [0.25, 0.3) is 27.5 Å². The molecule has 6 rings (SSSR count). The number of nitrogens with zero attached hydrogens (tertiary/aromatic N) is 7. The van der Waals surface area contributed by atoms with E-state index in [0.29, 0.717) is 37.3 Å². The number of fused-ring (bicyclic) bond motifs is 3. The minimum atomic E-state index is -0.506. The van der Waals surface area contributed by atoms with Gasteiger partial charge in [0.25, 0.3) is 0 Å². The van der Waals surface area contributed by atoms with E-state index >= 15 is 0 Å². The van der Waals surface area contributed by atoms with E-state index in [9.17, 15) is 4.79 Å². The average molecular weight is 513 g/mol. The van der Waals surface area contributed by atoms with Crippen LogP contribution in [-0.4, -0.2) is 59.4 Å². The normalized spacial score (nSPS) is 16.7. The Labute approximate surface area is 221 Å². The molecular formula is C28H32N8O2. The van der Waals surface area contributed by atoms with Gasteiger partial charge in [-0.25, -0.2) is 9.78 Å². The van der Waals surface area contributed by atoms with Crippen LogP contribution >= 0.6 is 0 Å². The predicted molar refractivity (Wildman–Crippen MR) is 146 cm³/mol. The van der Waals surface area contributed by atoms with Crippen LogP contribution < -0.4 is 5.32 Å². The summed E-state index contributed by atoms with van der Waals surface area (Å²) in [6.07, 6.45) is 12.8. The summed E-state index contributed by atoms with van der Waals surface area (Å²) in [5.41, 5.74) is 3.38. The molecule has 1 amide bonds. The second kappa shape index (κ2) is 9.66. The van der Waals surface area contributed by atoms with Crippen molar-refractivity contribution in [2.24, 2.45) is 0 Å². The Hall–Kier alpha value is -4.08. The van der Waals surface area contributed by atoms with Gasteiger partial charge in [-0.2, -0.15) is 4.98 Å². The quantitative estimate of drug-likeness (QED) is 0.373. The second-order valence-corrected chi connectivity index (χ2v) is 11.0. The third-order valence-electron chi connectivity index (χ3n) is 7.13. The van der Waals surface area contributed by atoms with E-state index in [-0.39, 0.29) is 6.09 Å². The highest BCUT2D eigenvalue weighted by Gasteiger charge is 2.25. The van der Waals surface area contributed by atoms with Gasteiger partial charge in [-0.1, -0.05) is 18.9 Å². The Morgan fingerprint density at radius 3 is 2.63 bits per heavy atom. The topological polar surface area (TPSA) is 111 Å². The van der Waals surface area contributed by atoms with Crippen LogP contribution in [0.2, 0.25) is 0 Å². The minimum Gasteiger partial charge on any atom is -0.444 e. The fourth-order valence-electron chi connectivity index (χ4n) is 5.34. The zero-order valence-corrected chi connectivity index (χ0v) is 22.0. The third-order valence-corrected chi connectivity index (χ3v) is 7.13. The van der Waals surface area contributed by atoms with Gasteiger partial charge in [0.05, 0.1) is 17.4 Å². The molecule has 1 aliphatic heterocycles. The van der Waals surface area contributed by atoms with E-state index in [1.54, 1.807) is 4.90 Å². The molecule has 10 heteroatoms. The maximum Gasteiger partial charge on any atom is 0.410 e. The van der Waals surface area contributed by atoms with Crippen molar-refractivity contribution in [3.8, 4) is 0 Å². The van der Waals surface area contributed by atoms with Gasteiger partial charge in [-0.3, -0.25) is 4.98 Å². The number of pyridine rings is 1. The molecule has 5 heterocycles. The number of carbonyl (C=O) groups excluding carboxylic acids is 1. The van der Waals surface area contributed by atoms with Crippen LogP contribution in [0.1, 0.15) is 64.6 Å². The van der Waals surface area contributed by atoms with Crippen molar-refractivity contribution in [2.45, 2.75) is 64.5 Å². The van der Waals surface area contributed by atoms with Crippen LogP contribution in [0.4, 0.5) is 16.6 Å². The van der Waals surface area contributed by atoms with Gasteiger partial charge < -0.3 is 19.5 Å². The summed E-state index contributed by atoms with van der Waals surface area (Å²) in [4.78, 5) is 27.9. The molecule has 0 radical (unpaired) electrons. The molecule has 0 unspecified atom stereocenters. The number of ether oxygens (including phenoxy) is 1. The van der Waals surface area contributed by atoms with Crippen molar-refractivity contribution < 1.29 is 9.53 Å². The summed E-state index contributed by atoms with van der Waals surface area (Å²) >= 11 is 0. The van der Waals surface area contributed by atoms with Crippen LogP contribution in [-0.2, 0) is 4.74 Å². The van der Waals surface area contributed by atoms with Crippen molar-refractivity contribution in [1.29, 1.82) is 0 Å². The number of aromatic nitrogens is 6. The lowest BCUT2D eigenvalue weighted by molar-refractivity contribution is 0.0270. The molecule has 2 aliphatic rings. The number of amides is 1. The standard InChI is InChI=1S/C28H32N8O2/c1-28(2,3)38-27(37)35-14-11-18(12-15-35)22-8-9-24(34-33-22)31-26-30-16-21-20-10-13-29-17-23(20)36(25(21)32-26)19-6-4-5-7-19/h8-11,13,16-17,19H,4-7,12,14-15H2,1-3H3,(H,30,31,32,34). The molecule has 10 nitrogen and oxygen atoms in total. The molecule has 38 heavy (non-hydrogen) atoms. The van der Waals surface area contributed by atoms with Crippen molar-refractivity contribution in [3.05, 3.63) is 48.6 Å². The maximum absolute atomic E-state index is 12.3. The molecule has 4 aromatic rings. The zero-order chi connectivity index (χ0) is 26.3. The molecule has 1 fully saturated rings. The van der Waals surface area contributed by atoms with Gasteiger partial charge in [-0.15, -0.1) is 10.2 Å². The molecule has 0 aromatic carbocycles. The monoisotopic (exact) mass is 512 g/mol. The SMILES string of the molecule is CC(C)(C)OC(=O)N1CC=C(c2ccc(Nc3ncc4c5ccncc5n(C5CCCC5)c4n3)nn2)CC1. The van der Waals surface area contributed by atoms with Gasteiger partial charge >= 0.3 is 6.09 Å². The molecule has 196 valence electrons. The largest absolute Gasteiger partial charge is 0.444 e. The zero-order valence-electron chi connectivity index (χ0n) is 22.0. The van der Waals surface area contributed by atoms with Gasteiger partial charge in [0, 0.05) is 42.3 Å². The molecule has 0 spiro atoms. The lowest BCUT2D eigenvalue weighted by atomic mass is 10.0. The van der Waals surface area contributed by atoms with Gasteiger partial charge in [0.1, 0.15) is 11.2 Å². The Morgan fingerprint density at radius 2 is 1.92 bits per heavy atom. The van der Waals surface area contributed by atoms with Crippen LogP contribution in [0.5, 0.6) is 0 Å². The number of rotatable bonds is 4. The molecule has 1 N–H and O–H groups in total. The lowest BCUT2D eigenvalue weighted by Crippen LogP contribution is -2.39. The fourth-order valence-corrected chi connectivity index (χ4v) is 5.34. The van der Waals surface area contributed by atoms with E-state index in [4.69, 9.17) is 9.72 Å². The number of carbonyl (C=O) groups is 1. The summed E-state index contributed by atoms with van der Waals surface area (Å²) in [6.45, 7) is 6.69. The molecular weight excluding hydrogens is 480 g/mol. The summed E-state index contributed by atoms with van der Waals surface area (Å²) in [5.74, 6) is 1.06. The number of hydrogen-bond acceptors (Lipinski definition) is 8. The van der Waals surface area contributed by atoms with Crippen LogP contribution in [0.3, 0.4) is 0 Å². The Kier molecular flexibility index (Phi) is 6.17. The average Bonchev–Trinajstić information content (AvgIpc) is 3.54. The van der Waals surface area contributed by atoms with Crippen molar-refractivity contribution in [1.82, 2.24) is 34.6 Å². The minimum absolute atomic E-state index is 0.293. The van der Waals surface area contributed by atoms with Crippen LogP contribution in [0.15, 0.2) is 42.9 Å². The first-order chi connectivity index (χ1) is 18.4. The highest BCUT2D eigenvalue weighted by atomic mass is 16.6. The number of nitrogens with one attached hydrogen (secondary N) is 1. The van der Waals surface area contributed by atoms with E-state index in [0.717, 1.165) is 46.0 Å². The summed E-state index contributed by atoms with van der Waals surface area (Å²) < 4.78 is 7.81. The first kappa shape index (κ1) is 24.3. The van der Waals surface area contributed by atoms with Crippen molar-refractivity contribution in [2.75, 3.05) is 18.4 Å². The smallest absolute Gasteiger partial charge is 0.410 e. The predicted octanol–water partition coefficient (Wildman–Crippen LogP) is 5.65. The van der Waals surface area contributed by atoms with Crippen molar-refractivity contribution >= 4 is 45.4 Å². The van der Waals surface area contributed by atoms with E-state index < -0.39 is 5.60 Å². The molecule has 4 aromatic heterocycles. The van der Waals surface area contributed by atoms with Gasteiger partial charge in [-0.05, 0) is 63.8 Å². The van der Waals surface area contributed by atoms with Crippen LogP contribution in [0, 0.1) is 0 Å². The Bertz CT molecular complexity index is 1510. The lowest BCUT2D eigenvalue weighted by Gasteiger charge is -2.29. The second-order valence-electron chi connectivity index (χ2n) is 11.0. The maximum atomic E-state index is 12.3. The Balaban J connectivity index is 1.20. The van der Waals surface area contributed by atoms with Crippen molar-refractivity contribution in [3.63, 3.8) is 0 Å². The molecule has 1 aliphatic carbocycles. The van der Waals surface area contributed by atoms with Gasteiger partial charge in [0.2, 0.25) is 5.95 Å². The first-order valence-electron chi connectivity index (χ1n) is 13.2. The fraction of sp³-hybridized carbons (Fsp3) is 0.429. The Morgan fingerprint density at radius 1 is 1.08 bits per heavy atom. The van der Waals surface area contributed by atoms with E-state index in [1.165, 1.54) is 12.8 Å². The van der Waals surface area contributed by atoms with E-state index in [1.807, 2.05) is 63.6 Å². The highest BCUT2D eigenvalue weighted by molar-refractivity contribution is 6.06. The van der Waals surface area contributed by atoms with Gasteiger partial charge in [0.15, 0.2) is 5.82 Å². The number of anilines is 2. The molecule has 1 saturated carbocycles. The molecule has 0 atom stereocenters. The summed E-state index contributed by atoms with van der Waals surface area (Å²) in [5, 5.41) is 14.2. The first-order valence-corrected chi connectivity index (χ1v) is 13.2. The highest BCUT2D eigenvalue weighted by Crippen LogP contribution is 2.37. The molecule has 0 saturated heterocycles. The summed E-state index contributed by atoms with van der Waals surface area (Å²) in [6, 6.07) is 6.28. The summed E-state index contributed by atoms with van der Waals surface area (Å²) in [7, 11) is 0. The third kappa shape index (κ3) is 4.78. The molecule has 0 bridgehead atoms. The number of hydrogen-bond donors (Lipinski definition) is 1. The van der Waals surface area contributed by atoms with E-state index in [2.05, 4.69) is 30.0 Å².